The largest absolute Gasteiger partial charge is 0.502 e. The van der Waals surface area contributed by atoms with Gasteiger partial charge in [0.1, 0.15) is 0 Å². The van der Waals surface area contributed by atoms with Gasteiger partial charge in [-0.25, -0.2) is 0 Å². The molecule has 0 radical (unpaired) electrons. The number of benzene rings is 2. The number of nitrogens with zero attached hydrogens (tertiary/aromatic N) is 2. The maximum atomic E-state index is 12.6. The number of hydrogen-bond acceptors (Lipinski definition) is 7. The Morgan fingerprint density at radius 2 is 2.07 bits per heavy atom. The van der Waals surface area contributed by atoms with Crippen LogP contribution in [-0.2, 0) is 4.79 Å². The van der Waals surface area contributed by atoms with Crippen molar-refractivity contribution in [3.05, 3.63) is 73.6 Å². The van der Waals surface area contributed by atoms with E-state index in [2.05, 4.69) is 5.43 Å². The van der Waals surface area contributed by atoms with Crippen molar-refractivity contribution in [2.75, 3.05) is 0 Å². The van der Waals surface area contributed by atoms with Crippen LogP contribution in [0.4, 0.5) is 5.69 Å². The molecule has 28 heavy (non-hydrogen) atoms. The molecule has 11 heteroatoms. The summed E-state index contributed by atoms with van der Waals surface area (Å²) in [5, 5.41) is 21.7. The first kappa shape index (κ1) is 19.8. The number of hydrazine groups is 1. The minimum Gasteiger partial charge on any atom is -0.502 e. The third kappa shape index (κ3) is 4.14. The summed E-state index contributed by atoms with van der Waals surface area (Å²) in [6.45, 7) is 0. The number of hydrogen-bond donors (Lipinski definition) is 2. The smallest absolute Gasteiger partial charge is 0.311 e. The number of thioether (sulfide) groups is 1. The van der Waals surface area contributed by atoms with E-state index < -0.39 is 28.2 Å². The quantitative estimate of drug-likeness (QED) is 0.327. The molecular formula is C17H10ClN3O5S2. The predicted molar refractivity (Wildman–Crippen MR) is 109 cm³/mol. The SMILES string of the molecule is O=C(NN1C(=O)/C(=C/c2ccc(O)c([N+](=O)[O-])c2)SC1=S)c1cccc(Cl)c1. The van der Waals surface area contributed by atoms with Gasteiger partial charge in [0.25, 0.3) is 11.8 Å². The van der Waals surface area contributed by atoms with E-state index in [9.17, 15) is 24.8 Å². The maximum absolute atomic E-state index is 12.6. The Labute approximate surface area is 172 Å². The summed E-state index contributed by atoms with van der Waals surface area (Å²) in [4.78, 5) is 35.2. The average molecular weight is 436 g/mol. The fourth-order valence-electron chi connectivity index (χ4n) is 2.29. The van der Waals surface area contributed by atoms with Crippen LogP contribution in [0, 0.1) is 10.1 Å². The lowest BCUT2D eigenvalue weighted by Crippen LogP contribution is -2.44. The summed E-state index contributed by atoms with van der Waals surface area (Å²) < 4.78 is 0.0971. The molecule has 3 rings (SSSR count). The Bertz CT molecular complexity index is 1060. The number of thiocarbonyl (C=S) groups is 1. The second-order valence-corrected chi connectivity index (χ2v) is 7.59. The average Bonchev–Trinajstić information content (AvgIpc) is 2.90. The molecule has 142 valence electrons. The van der Waals surface area contributed by atoms with Crippen molar-refractivity contribution in [1.29, 1.82) is 0 Å². The lowest BCUT2D eigenvalue weighted by molar-refractivity contribution is -0.385. The first-order valence-corrected chi connectivity index (χ1v) is 9.18. The molecule has 0 bridgehead atoms. The van der Waals surface area contributed by atoms with E-state index in [0.717, 1.165) is 28.9 Å². The van der Waals surface area contributed by atoms with E-state index >= 15 is 0 Å². The van der Waals surface area contributed by atoms with Gasteiger partial charge in [-0.05, 0) is 48.1 Å². The molecule has 1 heterocycles. The molecule has 2 aromatic rings. The number of rotatable bonds is 4. The molecule has 0 spiro atoms. The van der Waals surface area contributed by atoms with Crippen LogP contribution in [0.15, 0.2) is 47.4 Å². The number of phenolic OH excluding ortho intramolecular Hbond substituents is 1. The lowest BCUT2D eigenvalue weighted by Gasteiger charge is -2.15. The highest BCUT2D eigenvalue weighted by Crippen LogP contribution is 2.33. The van der Waals surface area contributed by atoms with Gasteiger partial charge in [-0.1, -0.05) is 35.5 Å². The Hall–Kier alpha value is -2.95. The number of carbonyl (C=O) groups is 2. The number of halogens is 1. The molecule has 0 atom stereocenters. The van der Waals surface area contributed by atoms with Gasteiger partial charge in [0, 0.05) is 16.7 Å². The van der Waals surface area contributed by atoms with Crippen molar-refractivity contribution >= 4 is 63.5 Å². The highest BCUT2D eigenvalue weighted by Gasteiger charge is 2.34. The van der Waals surface area contributed by atoms with Gasteiger partial charge in [-0.15, -0.1) is 0 Å². The molecule has 1 aliphatic rings. The number of amides is 2. The van der Waals surface area contributed by atoms with Crippen molar-refractivity contribution in [2.45, 2.75) is 0 Å². The van der Waals surface area contributed by atoms with Gasteiger partial charge < -0.3 is 5.11 Å². The minimum atomic E-state index is -0.733. The molecule has 8 nitrogen and oxygen atoms in total. The molecular weight excluding hydrogens is 426 g/mol. The summed E-state index contributed by atoms with van der Waals surface area (Å²) in [6.07, 6.45) is 1.39. The standard InChI is InChI=1S/C17H10ClN3O5S2/c18-11-3-1-2-10(8-11)15(23)19-20-16(24)14(28-17(20)27)7-9-4-5-13(22)12(6-9)21(25)26/h1-8,22H,(H,19,23)/b14-7-. The van der Waals surface area contributed by atoms with Crippen molar-refractivity contribution in [3.8, 4) is 5.75 Å². The number of carbonyl (C=O) groups excluding carboxylic acids is 2. The van der Waals surface area contributed by atoms with Crippen LogP contribution in [0.2, 0.25) is 5.02 Å². The van der Waals surface area contributed by atoms with E-state index in [1.165, 1.54) is 24.3 Å². The maximum Gasteiger partial charge on any atom is 0.311 e. The normalized spacial score (nSPS) is 15.2. The second-order valence-electron chi connectivity index (χ2n) is 5.47. The first-order valence-electron chi connectivity index (χ1n) is 7.58. The van der Waals surface area contributed by atoms with E-state index in [-0.39, 0.29) is 14.8 Å². The molecule has 1 aliphatic heterocycles. The molecule has 0 unspecified atom stereocenters. The van der Waals surface area contributed by atoms with Crippen LogP contribution < -0.4 is 5.43 Å². The van der Waals surface area contributed by atoms with Gasteiger partial charge in [0.05, 0.1) is 9.83 Å². The molecule has 2 aromatic carbocycles. The van der Waals surface area contributed by atoms with Gasteiger partial charge in [0.2, 0.25) is 0 Å². The summed E-state index contributed by atoms with van der Waals surface area (Å²) >= 11 is 11.9. The number of nitro benzene ring substituents is 1. The van der Waals surface area contributed by atoms with E-state index in [0.29, 0.717) is 10.6 Å². The van der Waals surface area contributed by atoms with Crippen molar-refractivity contribution < 1.29 is 19.6 Å². The number of nitro groups is 1. The third-order valence-electron chi connectivity index (χ3n) is 3.59. The number of nitrogens with one attached hydrogen (secondary N) is 1. The molecule has 0 aliphatic carbocycles. The van der Waals surface area contributed by atoms with E-state index in [1.807, 2.05) is 0 Å². The van der Waals surface area contributed by atoms with Crippen LogP contribution in [0.25, 0.3) is 6.08 Å². The van der Waals surface area contributed by atoms with Gasteiger partial charge in [-0.3, -0.25) is 25.1 Å². The Kier molecular flexibility index (Phi) is 5.63. The Balaban J connectivity index is 1.82. The Morgan fingerprint density at radius 1 is 1.32 bits per heavy atom. The van der Waals surface area contributed by atoms with Crippen LogP contribution in [0.5, 0.6) is 5.75 Å². The third-order valence-corrected chi connectivity index (χ3v) is 5.13. The zero-order chi connectivity index (χ0) is 20.4. The van der Waals surface area contributed by atoms with Crippen LogP contribution in [0.1, 0.15) is 15.9 Å². The molecule has 0 aromatic heterocycles. The van der Waals surface area contributed by atoms with Crippen molar-refractivity contribution in [3.63, 3.8) is 0 Å². The monoisotopic (exact) mass is 435 g/mol. The lowest BCUT2D eigenvalue weighted by atomic mass is 10.1. The van der Waals surface area contributed by atoms with Crippen molar-refractivity contribution in [1.82, 2.24) is 10.4 Å². The van der Waals surface area contributed by atoms with Gasteiger partial charge >= 0.3 is 5.69 Å². The van der Waals surface area contributed by atoms with Gasteiger partial charge in [0.15, 0.2) is 10.1 Å². The summed E-state index contributed by atoms with van der Waals surface area (Å²) in [5.41, 5.74) is 2.50. The first-order chi connectivity index (χ1) is 13.3. The molecule has 2 amide bonds. The van der Waals surface area contributed by atoms with E-state index in [4.69, 9.17) is 23.8 Å². The summed E-state index contributed by atoms with van der Waals surface area (Å²) in [7, 11) is 0. The molecule has 0 saturated carbocycles. The Morgan fingerprint density at radius 3 is 2.75 bits per heavy atom. The zero-order valence-electron chi connectivity index (χ0n) is 13.8. The predicted octanol–water partition coefficient (Wildman–Crippen LogP) is 3.50. The number of phenols is 1. The highest BCUT2D eigenvalue weighted by molar-refractivity contribution is 8.26. The molecule has 1 saturated heterocycles. The van der Waals surface area contributed by atoms with Crippen molar-refractivity contribution in [2.24, 2.45) is 0 Å². The second kappa shape index (κ2) is 7.97. The summed E-state index contributed by atoms with van der Waals surface area (Å²) in [5.74, 6) is -1.63. The highest BCUT2D eigenvalue weighted by atomic mass is 35.5. The van der Waals surface area contributed by atoms with Crippen LogP contribution in [-0.4, -0.2) is 31.2 Å². The fraction of sp³-hybridized carbons (Fsp3) is 0. The summed E-state index contributed by atoms with van der Waals surface area (Å²) in [6, 6.07) is 9.89. The van der Waals surface area contributed by atoms with Crippen LogP contribution in [0.3, 0.4) is 0 Å². The number of aromatic hydroxyl groups is 1. The molecule has 2 N–H and O–H groups in total. The van der Waals surface area contributed by atoms with Gasteiger partial charge in [-0.2, -0.15) is 5.01 Å². The topological polar surface area (TPSA) is 113 Å². The zero-order valence-corrected chi connectivity index (χ0v) is 16.2. The minimum absolute atomic E-state index is 0.0971. The van der Waals surface area contributed by atoms with E-state index in [1.54, 1.807) is 12.1 Å². The molecule has 1 fully saturated rings. The van der Waals surface area contributed by atoms with Crippen LogP contribution >= 0.6 is 35.6 Å². The fourth-order valence-corrected chi connectivity index (χ4v) is 3.66.